The van der Waals surface area contributed by atoms with E-state index in [0.29, 0.717) is 11.5 Å². The van der Waals surface area contributed by atoms with Crippen molar-refractivity contribution in [2.75, 3.05) is 40.4 Å². The third-order valence-corrected chi connectivity index (χ3v) is 6.76. The lowest BCUT2D eigenvalue weighted by atomic mass is 10.1. The van der Waals surface area contributed by atoms with Crippen molar-refractivity contribution in [2.45, 2.75) is 11.3 Å². The smallest absolute Gasteiger partial charge is 0.243 e. The van der Waals surface area contributed by atoms with Crippen molar-refractivity contribution in [1.82, 2.24) is 9.21 Å². The van der Waals surface area contributed by atoms with Crippen molar-refractivity contribution in [3.8, 4) is 11.5 Å². The summed E-state index contributed by atoms with van der Waals surface area (Å²) < 4.78 is 50.5. The first-order valence-corrected chi connectivity index (χ1v) is 10.5. The Labute approximate surface area is 169 Å². The molecule has 7 nitrogen and oxygen atoms in total. The number of sulfonamides is 1. The summed E-state index contributed by atoms with van der Waals surface area (Å²) in [4.78, 5) is 14.2. The van der Waals surface area contributed by atoms with Gasteiger partial charge in [0, 0.05) is 37.8 Å². The van der Waals surface area contributed by atoms with Gasteiger partial charge < -0.3 is 14.4 Å². The predicted octanol–water partition coefficient (Wildman–Crippen LogP) is 1.92. The molecule has 2 aromatic rings. The number of piperazine rings is 1. The average Bonchev–Trinajstić information content (AvgIpc) is 2.74. The maximum atomic E-state index is 13.4. The van der Waals surface area contributed by atoms with E-state index in [4.69, 9.17) is 9.47 Å². The molecule has 0 radical (unpaired) electrons. The van der Waals surface area contributed by atoms with Crippen molar-refractivity contribution in [2.24, 2.45) is 0 Å². The van der Waals surface area contributed by atoms with Gasteiger partial charge in [0.05, 0.1) is 25.5 Å². The summed E-state index contributed by atoms with van der Waals surface area (Å²) >= 11 is 0. The highest BCUT2D eigenvalue weighted by molar-refractivity contribution is 7.89. The Balaban J connectivity index is 1.64. The highest BCUT2D eigenvalue weighted by Gasteiger charge is 2.30. The molecule has 156 valence electrons. The molecule has 1 saturated heterocycles. The number of carbonyl (C=O) groups is 1. The summed E-state index contributed by atoms with van der Waals surface area (Å²) in [7, 11) is -0.710. The zero-order valence-corrected chi connectivity index (χ0v) is 17.1. The Hall–Kier alpha value is -2.65. The molecule has 3 rings (SSSR count). The van der Waals surface area contributed by atoms with Crippen molar-refractivity contribution >= 4 is 15.9 Å². The second kappa shape index (κ2) is 8.79. The number of benzene rings is 2. The first kappa shape index (κ1) is 21.1. The molecule has 1 aliphatic heterocycles. The second-order valence-corrected chi connectivity index (χ2v) is 8.53. The van der Waals surface area contributed by atoms with Crippen LogP contribution in [0.5, 0.6) is 11.5 Å². The van der Waals surface area contributed by atoms with Crippen molar-refractivity contribution in [3.63, 3.8) is 0 Å². The van der Waals surface area contributed by atoms with Gasteiger partial charge in [-0.05, 0) is 24.3 Å². The monoisotopic (exact) mass is 422 g/mol. The molecule has 9 heteroatoms. The van der Waals surface area contributed by atoms with Gasteiger partial charge in [0.25, 0.3) is 0 Å². The first-order chi connectivity index (χ1) is 13.8. The largest absolute Gasteiger partial charge is 0.497 e. The van der Waals surface area contributed by atoms with Gasteiger partial charge in [-0.1, -0.05) is 12.1 Å². The van der Waals surface area contributed by atoms with Gasteiger partial charge in [0.15, 0.2) is 0 Å². The molecule has 0 saturated carbocycles. The van der Waals surface area contributed by atoms with Crippen molar-refractivity contribution in [3.05, 3.63) is 53.8 Å². The molecule has 0 spiro atoms. The van der Waals surface area contributed by atoms with Crippen molar-refractivity contribution < 1.29 is 27.1 Å². The Bertz CT molecular complexity index is 988. The maximum absolute atomic E-state index is 13.4. The van der Waals surface area contributed by atoms with Gasteiger partial charge in [-0.3, -0.25) is 4.79 Å². The van der Waals surface area contributed by atoms with Crippen molar-refractivity contribution in [1.29, 1.82) is 0 Å². The van der Waals surface area contributed by atoms with E-state index in [9.17, 15) is 17.6 Å². The van der Waals surface area contributed by atoms with E-state index in [2.05, 4.69) is 0 Å². The summed E-state index contributed by atoms with van der Waals surface area (Å²) in [5, 5.41) is 0. The molecule has 0 unspecified atom stereocenters. The van der Waals surface area contributed by atoms with Gasteiger partial charge in [-0.15, -0.1) is 0 Å². The molecule has 1 heterocycles. The van der Waals surface area contributed by atoms with E-state index >= 15 is 0 Å². The Morgan fingerprint density at radius 2 is 1.76 bits per heavy atom. The molecule has 0 atom stereocenters. The standard InChI is InChI=1S/C20H23FN2O5S/c1-27-17-7-6-15(19(14-17)28-2)12-20(24)22-8-10-23(11-9-22)29(25,26)18-5-3-4-16(21)13-18/h3-7,13-14H,8-12H2,1-2H3. The Morgan fingerprint density at radius 1 is 1.03 bits per heavy atom. The van der Waals surface area contributed by atoms with Crippen LogP contribution in [-0.2, 0) is 21.2 Å². The highest BCUT2D eigenvalue weighted by Crippen LogP contribution is 2.26. The minimum atomic E-state index is -3.79. The SMILES string of the molecule is COc1ccc(CC(=O)N2CCN(S(=O)(=O)c3cccc(F)c3)CC2)c(OC)c1. The quantitative estimate of drug-likeness (QED) is 0.711. The number of ether oxygens (including phenoxy) is 2. The molecular weight excluding hydrogens is 399 g/mol. The van der Waals surface area contributed by atoms with Crippen LogP contribution >= 0.6 is 0 Å². The fraction of sp³-hybridized carbons (Fsp3) is 0.350. The summed E-state index contributed by atoms with van der Waals surface area (Å²) in [6.07, 6.45) is 0.143. The molecular formula is C20H23FN2O5S. The van der Waals surface area contributed by atoms with Gasteiger partial charge in [0.1, 0.15) is 17.3 Å². The number of amides is 1. The normalized spacial score (nSPS) is 15.2. The van der Waals surface area contributed by atoms with Gasteiger partial charge in [-0.2, -0.15) is 4.31 Å². The topological polar surface area (TPSA) is 76.2 Å². The zero-order valence-electron chi connectivity index (χ0n) is 16.3. The lowest BCUT2D eigenvalue weighted by molar-refractivity contribution is -0.131. The first-order valence-electron chi connectivity index (χ1n) is 9.09. The third kappa shape index (κ3) is 4.68. The van der Waals surface area contributed by atoms with E-state index in [-0.39, 0.29) is 43.4 Å². The van der Waals surface area contributed by atoms with Crippen LogP contribution in [0.25, 0.3) is 0 Å². The summed E-state index contributed by atoms with van der Waals surface area (Å²) in [6, 6.07) is 10.2. The van der Waals surface area contributed by atoms with E-state index in [1.807, 2.05) is 0 Å². The predicted molar refractivity (Wildman–Crippen MR) is 105 cm³/mol. The van der Waals surface area contributed by atoms with Crippen LogP contribution in [0.4, 0.5) is 4.39 Å². The van der Waals surface area contributed by atoms with E-state index in [1.54, 1.807) is 30.2 Å². The summed E-state index contributed by atoms with van der Waals surface area (Å²) in [6.45, 7) is 0.854. The number of carbonyl (C=O) groups excluding carboxylic acids is 1. The second-order valence-electron chi connectivity index (χ2n) is 6.60. The zero-order chi connectivity index (χ0) is 21.0. The van der Waals surface area contributed by atoms with Crippen LogP contribution in [0.1, 0.15) is 5.56 Å². The lowest BCUT2D eigenvalue weighted by Gasteiger charge is -2.34. The van der Waals surface area contributed by atoms with E-state index < -0.39 is 15.8 Å². The molecule has 1 aliphatic rings. The summed E-state index contributed by atoms with van der Waals surface area (Å²) in [5.74, 6) is 0.476. The number of rotatable bonds is 6. The number of halogens is 1. The maximum Gasteiger partial charge on any atom is 0.243 e. The molecule has 2 aromatic carbocycles. The molecule has 1 amide bonds. The average molecular weight is 422 g/mol. The molecule has 0 N–H and O–H groups in total. The van der Waals surface area contributed by atoms with Gasteiger partial charge in [0.2, 0.25) is 15.9 Å². The fourth-order valence-electron chi connectivity index (χ4n) is 3.23. The minimum Gasteiger partial charge on any atom is -0.497 e. The number of nitrogens with zero attached hydrogens (tertiary/aromatic N) is 2. The number of hydrogen-bond donors (Lipinski definition) is 0. The highest BCUT2D eigenvalue weighted by atomic mass is 32.2. The lowest BCUT2D eigenvalue weighted by Crippen LogP contribution is -2.50. The molecule has 0 aromatic heterocycles. The van der Waals surface area contributed by atoms with Gasteiger partial charge >= 0.3 is 0 Å². The third-order valence-electron chi connectivity index (χ3n) is 4.86. The van der Waals surface area contributed by atoms with E-state index in [0.717, 1.165) is 11.6 Å². The fourth-order valence-corrected chi connectivity index (χ4v) is 4.68. The van der Waals surface area contributed by atoms with E-state index in [1.165, 1.54) is 29.6 Å². The van der Waals surface area contributed by atoms with Crippen LogP contribution in [0.2, 0.25) is 0 Å². The Morgan fingerprint density at radius 3 is 2.38 bits per heavy atom. The van der Waals surface area contributed by atoms with Crippen LogP contribution in [0, 0.1) is 5.82 Å². The molecule has 1 fully saturated rings. The Kier molecular flexibility index (Phi) is 6.39. The van der Waals surface area contributed by atoms with Crippen LogP contribution in [0.3, 0.4) is 0 Å². The number of hydrogen-bond acceptors (Lipinski definition) is 5. The minimum absolute atomic E-state index is 0.0831. The molecule has 29 heavy (non-hydrogen) atoms. The van der Waals surface area contributed by atoms with Crippen LogP contribution < -0.4 is 9.47 Å². The number of methoxy groups -OCH3 is 2. The van der Waals surface area contributed by atoms with Crippen LogP contribution in [-0.4, -0.2) is 63.9 Å². The van der Waals surface area contributed by atoms with Crippen LogP contribution in [0.15, 0.2) is 47.4 Å². The molecule has 0 bridgehead atoms. The summed E-state index contributed by atoms with van der Waals surface area (Å²) in [5.41, 5.74) is 0.730. The van der Waals surface area contributed by atoms with Gasteiger partial charge in [-0.25, -0.2) is 12.8 Å². The molecule has 0 aliphatic carbocycles.